The fraction of sp³-hybridized carbons (Fsp3) is 0.688. The molecule has 9 nitrogen and oxygen atoms in total. The molecule has 0 aliphatic carbocycles. The van der Waals surface area contributed by atoms with Crippen LogP contribution >= 0.6 is 0 Å². The molecule has 0 bridgehead atoms. The van der Waals surface area contributed by atoms with E-state index in [1.165, 1.54) is 23.1 Å². The van der Waals surface area contributed by atoms with Crippen LogP contribution in [0.4, 0.5) is 13.2 Å². The zero-order chi connectivity index (χ0) is 21.6. The van der Waals surface area contributed by atoms with E-state index >= 15 is 0 Å². The molecule has 2 aliphatic heterocycles. The first-order valence-corrected chi connectivity index (χ1v) is 10.5. The Bertz CT molecular complexity index is 887. The fourth-order valence-electron chi connectivity index (χ4n) is 3.63. The Kier molecular flexibility index (Phi) is 5.64. The maximum atomic E-state index is 12.8. The maximum Gasteiger partial charge on any atom is 0.408 e. The van der Waals surface area contributed by atoms with Crippen molar-refractivity contribution in [3.63, 3.8) is 0 Å². The highest BCUT2D eigenvalue weighted by Crippen LogP contribution is 2.30. The number of hydrogen-bond acceptors (Lipinski definition) is 6. The highest BCUT2D eigenvalue weighted by atomic mass is 32.2. The van der Waals surface area contributed by atoms with Gasteiger partial charge in [-0.3, -0.25) is 9.59 Å². The molecule has 0 saturated carbocycles. The molecule has 29 heavy (non-hydrogen) atoms. The number of nitrogens with one attached hydrogen (secondary N) is 1. The van der Waals surface area contributed by atoms with Gasteiger partial charge in [0, 0.05) is 26.2 Å². The molecule has 3 heterocycles. The molecule has 162 valence electrons. The van der Waals surface area contributed by atoms with Crippen LogP contribution in [0.2, 0.25) is 0 Å². The van der Waals surface area contributed by atoms with Crippen LogP contribution in [-0.4, -0.2) is 73.0 Å². The molecule has 0 radical (unpaired) electrons. The molecule has 0 spiro atoms. The maximum absolute atomic E-state index is 12.8. The van der Waals surface area contributed by atoms with Gasteiger partial charge in [0.1, 0.15) is 22.5 Å². The quantitative estimate of drug-likeness (QED) is 0.691. The SMILES string of the molecule is Cc1noc(C)c1S(=O)(=O)N1CCN(C(=O)C2CCC(C(F)(F)F)NC2=O)CC1. The third kappa shape index (κ3) is 4.10. The highest BCUT2D eigenvalue weighted by molar-refractivity contribution is 7.89. The number of halogens is 3. The lowest BCUT2D eigenvalue weighted by Crippen LogP contribution is -2.57. The molecule has 13 heteroatoms. The number of carbonyl (C=O) groups excluding carboxylic acids is 2. The van der Waals surface area contributed by atoms with E-state index in [1.807, 2.05) is 5.32 Å². The number of piperazine rings is 1. The molecular formula is C16H21F3N4O5S. The number of nitrogens with zero attached hydrogens (tertiary/aromatic N) is 3. The number of aromatic nitrogens is 1. The second-order valence-electron chi connectivity index (χ2n) is 7.12. The summed E-state index contributed by atoms with van der Waals surface area (Å²) in [5.74, 6) is -2.56. The third-order valence-electron chi connectivity index (χ3n) is 5.19. The molecule has 2 unspecified atom stereocenters. The standard InChI is InChI=1S/C16H21F3N4O5S/c1-9-13(10(2)28-21-9)29(26,27)23-7-5-22(6-8-23)15(25)11-3-4-12(16(17,18)19)20-14(11)24/h11-12H,3-8H2,1-2H3,(H,20,24). The molecule has 2 fully saturated rings. The molecule has 1 N–H and O–H groups in total. The predicted molar refractivity (Wildman–Crippen MR) is 92.0 cm³/mol. The number of hydrogen-bond donors (Lipinski definition) is 1. The van der Waals surface area contributed by atoms with E-state index in [0.29, 0.717) is 0 Å². The van der Waals surface area contributed by atoms with Gasteiger partial charge in [0.15, 0.2) is 5.76 Å². The first-order chi connectivity index (χ1) is 13.4. The van der Waals surface area contributed by atoms with Gasteiger partial charge in [-0.25, -0.2) is 8.42 Å². The summed E-state index contributed by atoms with van der Waals surface area (Å²) < 4.78 is 69.9. The van der Waals surface area contributed by atoms with Crippen LogP contribution in [0.1, 0.15) is 24.3 Å². The van der Waals surface area contributed by atoms with Gasteiger partial charge in [-0.15, -0.1) is 0 Å². The molecule has 1 aromatic heterocycles. The Labute approximate surface area is 165 Å². The van der Waals surface area contributed by atoms with Gasteiger partial charge in [0.25, 0.3) is 0 Å². The van der Waals surface area contributed by atoms with E-state index in [9.17, 15) is 31.2 Å². The third-order valence-corrected chi connectivity index (χ3v) is 7.33. The minimum atomic E-state index is -4.55. The number of piperidine rings is 1. The summed E-state index contributed by atoms with van der Waals surface area (Å²) in [6.45, 7) is 3.07. The van der Waals surface area contributed by atoms with Crippen molar-refractivity contribution in [1.29, 1.82) is 0 Å². The smallest absolute Gasteiger partial charge is 0.360 e. The van der Waals surface area contributed by atoms with Crippen molar-refractivity contribution in [2.75, 3.05) is 26.2 Å². The number of aryl methyl sites for hydroxylation is 2. The van der Waals surface area contributed by atoms with Crippen LogP contribution < -0.4 is 5.32 Å². The predicted octanol–water partition coefficient (Wildman–Crippen LogP) is 0.581. The van der Waals surface area contributed by atoms with Gasteiger partial charge in [0.05, 0.1) is 0 Å². The van der Waals surface area contributed by atoms with E-state index < -0.39 is 40.0 Å². The molecule has 2 amide bonds. The average molecular weight is 438 g/mol. The van der Waals surface area contributed by atoms with E-state index in [4.69, 9.17) is 4.52 Å². The number of sulfonamides is 1. The summed E-state index contributed by atoms with van der Waals surface area (Å²) >= 11 is 0. The van der Waals surface area contributed by atoms with E-state index in [2.05, 4.69) is 5.16 Å². The minimum Gasteiger partial charge on any atom is -0.360 e. The van der Waals surface area contributed by atoms with Crippen LogP contribution in [0.15, 0.2) is 9.42 Å². The normalized spacial score (nSPS) is 24.4. The van der Waals surface area contributed by atoms with Gasteiger partial charge in [-0.05, 0) is 26.7 Å². The Morgan fingerprint density at radius 1 is 1.17 bits per heavy atom. The van der Waals surface area contributed by atoms with Crippen LogP contribution in [0, 0.1) is 19.8 Å². The molecule has 3 rings (SSSR count). The van der Waals surface area contributed by atoms with Crippen molar-refractivity contribution >= 4 is 21.8 Å². The molecule has 2 atom stereocenters. The zero-order valence-corrected chi connectivity index (χ0v) is 16.6. The topological polar surface area (TPSA) is 113 Å². The van der Waals surface area contributed by atoms with E-state index in [1.54, 1.807) is 0 Å². The van der Waals surface area contributed by atoms with Gasteiger partial charge >= 0.3 is 6.18 Å². The van der Waals surface area contributed by atoms with Crippen LogP contribution in [-0.2, 0) is 19.6 Å². The van der Waals surface area contributed by atoms with E-state index in [-0.39, 0.29) is 55.4 Å². The monoisotopic (exact) mass is 438 g/mol. The Balaban J connectivity index is 1.62. The Hall–Kier alpha value is -2.15. The van der Waals surface area contributed by atoms with Crippen LogP contribution in [0.5, 0.6) is 0 Å². The lowest BCUT2D eigenvalue weighted by Gasteiger charge is -2.37. The lowest BCUT2D eigenvalue weighted by atomic mass is 9.92. The average Bonchev–Trinajstić information content (AvgIpc) is 2.99. The van der Waals surface area contributed by atoms with Gasteiger partial charge in [-0.1, -0.05) is 5.16 Å². The van der Waals surface area contributed by atoms with Gasteiger partial charge in [0.2, 0.25) is 21.8 Å². The largest absolute Gasteiger partial charge is 0.408 e. The molecular weight excluding hydrogens is 417 g/mol. The number of carbonyl (C=O) groups is 2. The lowest BCUT2D eigenvalue weighted by molar-refractivity contribution is -0.172. The minimum absolute atomic E-state index is 0.00233. The summed E-state index contributed by atoms with van der Waals surface area (Å²) in [4.78, 5) is 25.9. The number of amides is 2. The zero-order valence-electron chi connectivity index (χ0n) is 15.8. The first-order valence-electron chi connectivity index (χ1n) is 9.02. The van der Waals surface area contributed by atoms with Crippen molar-refractivity contribution in [1.82, 2.24) is 19.7 Å². The van der Waals surface area contributed by atoms with Gasteiger partial charge in [-0.2, -0.15) is 17.5 Å². The summed E-state index contributed by atoms with van der Waals surface area (Å²) in [6, 6.07) is -1.95. The Morgan fingerprint density at radius 2 is 1.79 bits per heavy atom. The molecule has 0 aromatic carbocycles. The number of rotatable bonds is 3. The van der Waals surface area contributed by atoms with Crippen molar-refractivity contribution in [3.05, 3.63) is 11.5 Å². The van der Waals surface area contributed by atoms with Crippen molar-refractivity contribution in [2.24, 2.45) is 5.92 Å². The molecule has 2 saturated heterocycles. The van der Waals surface area contributed by atoms with Crippen LogP contribution in [0.3, 0.4) is 0 Å². The summed E-state index contributed by atoms with van der Waals surface area (Å²) in [5, 5.41) is 5.50. The van der Waals surface area contributed by atoms with Gasteiger partial charge < -0.3 is 14.7 Å². The summed E-state index contributed by atoms with van der Waals surface area (Å²) in [6.07, 6.45) is -5.12. The molecule has 1 aromatic rings. The van der Waals surface area contributed by atoms with Crippen LogP contribution in [0.25, 0.3) is 0 Å². The van der Waals surface area contributed by atoms with Crippen molar-refractivity contribution < 1.29 is 35.7 Å². The molecule has 2 aliphatic rings. The summed E-state index contributed by atoms with van der Waals surface area (Å²) in [7, 11) is -3.85. The highest BCUT2D eigenvalue weighted by Gasteiger charge is 2.47. The fourth-order valence-corrected chi connectivity index (χ4v) is 5.34. The van der Waals surface area contributed by atoms with Crippen molar-refractivity contribution in [3.8, 4) is 0 Å². The second kappa shape index (κ2) is 7.59. The number of alkyl halides is 3. The summed E-state index contributed by atoms with van der Waals surface area (Å²) in [5.41, 5.74) is 0.235. The van der Waals surface area contributed by atoms with E-state index in [0.717, 1.165) is 0 Å². The first kappa shape index (κ1) is 21.6. The second-order valence-corrected chi connectivity index (χ2v) is 8.99. The Morgan fingerprint density at radius 3 is 2.28 bits per heavy atom. The van der Waals surface area contributed by atoms with Crippen molar-refractivity contribution in [2.45, 2.75) is 43.8 Å².